The lowest BCUT2D eigenvalue weighted by Gasteiger charge is -2.60. The minimum atomic E-state index is -0.590. The Morgan fingerprint density at radius 3 is 1.23 bits per heavy atom. The van der Waals surface area contributed by atoms with E-state index in [4.69, 9.17) is 4.74 Å². The standard InChI is InChI=1S/C27H53NO2/c1-20(2)21(29)30-27(15,16)19-26(13,14)28(24(9,10)17-22(3,4)5)25(11,12)18-23(6,7)8/h1,17-19H2,2-16H3. The van der Waals surface area contributed by atoms with Crippen LogP contribution in [0.4, 0.5) is 0 Å². The van der Waals surface area contributed by atoms with Crippen LogP contribution in [-0.4, -0.2) is 33.1 Å². The molecule has 0 amide bonds. The Labute approximate surface area is 189 Å². The highest BCUT2D eigenvalue weighted by atomic mass is 16.6. The van der Waals surface area contributed by atoms with Crippen LogP contribution >= 0.6 is 0 Å². The van der Waals surface area contributed by atoms with Crippen molar-refractivity contribution in [1.29, 1.82) is 0 Å². The van der Waals surface area contributed by atoms with Gasteiger partial charge >= 0.3 is 5.97 Å². The van der Waals surface area contributed by atoms with E-state index in [2.05, 4.69) is 94.6 Å². The number of ether oxygens (including phenoxy) is 1. The molecule has 0 bridgehead atoms. The average Bonchev–Trinajstić information content (AvgIpc) is 2.26. The summed E-state index contributed by atoms with van der Waals surface area (Å²) < 4.78 is 5.85. The fourth-order valence-electron chi connectivity index (χ4n) is 6.71. The van der Waals surface area contributed by atoms with Crippen LogP contribution in [-0.2, 0) is 9.53 Å². The van der Waals surface area contributed by atoms with Crippen molar-refractivity contribution in [2.24, 2.45) is 10.8 Å². The zero-order valence-corrected chi connectivity index (χ0v) is 23.1. The van der Waals surface area contributed by atoms with Crippen molar-refractivity contribution < 1.29 is 9.53 Å². The molecule has 0 saturated heterocycles. The van der Waals surface area contributed by atoms with Gasteiger partial charge in [0, 0.05) is 28.6 Å². The van der Waals surface area contributed by atoms with Crippen LogP contribution in [0.3, 0.4) is 0 Å². The van der Waals surface area contributed by atoms with Crippen LogP contribution in [0, 0.1) is 10.8 Å². The molecule has 0 aromatic carbocycles. The maximum absolute atomic E-state index is 12.2. The highest BCUT2D eigenvalue weighted by Gasteiger charge is 2.50. The fourth-order valence-corrected chi connectivity index (χ4v) is 6.71. The minimum Gasteiger partial charge on any atom is -0.456 e. The lowest BCUT2D eigenvalue weighted by atomic mass is 9.71. The summed E-state index contributed by atoms with van der Waals surface area (Å²) in [5.41, 5.74) is -0.000255. The molecule has 0 N–H and O–H groups in total. The van der Waals surface area contributed by atoms with Crippen molar-refractivity contribution in [3.63, 3.8) is 0 Å². The predicted molar refractivity (Wildman–Crippen MR) is 132 cm³/mol. The summed E-state index contributed by atoms with van der Waals surface area (Å²) in [5, 5.41) is 0. The molecular weight excluding hydrogens is 370 g/mol. The van der Waals surface area contributed by atoms with Gasteiger partial charge in [0.25, 0.3) is 0 Å². The molecule has 0 aliphatic rings. The van der Waals surface area contributed by atoms with Crippen molar-refractivity contribution in [2.45, 2.75) is 145 Å². The minimum absolute atomic E-state index is 0.0368. The van der Waals surface area contributed by atoms with Crippen molar-refractivity contribution in [3.8, 4) is 0 Å². The smallest absolute Gasteiger partial charge is 0.333 e. The maximum Gasteiger partial charge on any atom is 0.333 e. The number of esters is 1. The van der Waals surface area contributed by atoms with Crippen LogP contribution < -0.4 is 0 Å². The van der Waals surface area contributed by atoms with Crippen LogP contribution in [0.5, 0.6) is 0 Å². The van der Waals surface area contributed by atoms with E-state index in [1.165, 1.54) is 0 Å². The molecule has 0 spiro atoms. The molecule has 0 unspecified atom stereocenters. The van der Waals surface area contributed by atoms with Crippen molar-refractivity contribution in [3.05, 3.63) is 12.2 Å². The van der Waals surface area contributed by atoms with Gasteiger partial charge in [-0.3, -0.25) is 4.90 Å². The van der Waals surface area contributed by atoms with Crippen molar-refractivity contribution in [1.82, 2.24) is 4.90 Å². The van der Waals surface area contributed by atoms with E-state index in [0.29, 0.717) is 5.57 Å². The molecule has 0 fully saturated rings. The van der Waals surface area contributed by atoms with Crippen molar-refractivity contribution in [2.75, 3.05) is 0 Å². The van der Waals surface area contributed by atoms with Crippen LogP contribution in [0.2, 0.25) is 0 Å². The summed E-state index contributed by atoms with van der Waals surface area (Å²) in [4.78, 5) is 15.0. The first-order chi connectivity index (χ1) is 12.8. The van der Waals surface area contributed by atoms with Crippen molar-refractivity contribution >= 4 is 5.97 Å². The predicted octanol–water partition coefficient (Wildman–Crippen LogP) is 7.78. The van der Waals surface area contributed by atoms with Gasteiger partial charge in [-0.2, -0.15) is 0 Å². The number of rotatable bonds is 9. The van der Waals surface area contributed by atoms with E-state index in [1.807, 2.05) is 13.8 Å². The molecule has 0 aromatic heterocycles. The van der Waals surface area contributed by atoms with Crippen LogP contribution in [0.1, 0.15) is 123 Å². The Kier molecular flexibility index (Phi) is 8.71. The van der Waals surface area contributed by atoms with Gasteiger partial charge in [0.05, 0.1) is 0 Å². The molecule has 178 valence electrons. The third-order valence-electron chi connectivity index (χ3n) is 5.32. The molecular formula is C27H53NO2. The first kappa shape index (κ1) is 29.2. The first-order valence-electron chi connectivity index (χ1n) is 11.5. The molecule has 0 heterocycles. The molecule has 0 saturated carbocycles. The fraction of sp³-hybridized carbons (Fsp3) is 0.889. The quantitative estimate of drug-likeness (QED) is 0.280. The highest BCUT2D eigenvalue weighted by molar-refractivity contribution is 5.87. The summed E-state index contributed by atoms with van der Waals surface area (Å²) in [6.45, 7) is 37.5. The summed E-state index contributed by atoms with van der Waals surface area (Å²) in [6.07, 6.45) is 2.88. The second kappa shape index (κ2) is 8.96. The highest BCUT2D eigenvalue weighted by Crippen LogP contribution is 2.46. The normalized spacial score (nSPS) is 14.8. The SMILES string of the molecule is C=C(C)C(=O)OC(C)(C)CC(C)(C)N(C(C)(C)CC(C)(C)C)C(C)(C)CC(C)(C)C. The van der Waals surface area contributed by atoms with Gasteiger partial charge < -0.3 is 4.74 Å². The van der Waals surface area contributed by atoms with E-state index in [9.17, 15) is 4.79 Å². The zero-order chi connectivity index (χ0) is 24.6. The molecule has 0 radical (unpaired) electrons. The van der Waals surface area contributed by atoms with Gasteiger partial charge in [-0.05, 0) is 86.0 Å². The van der Waals surface area contributed by atoms with E-state index in [1.54, 1.807) is 6.92 Å². The van der Waals surface area contributed by atoms with Crippen LogP contribution in [0.25, 0.3) is 0 Å². The number of carbonyl (C=O) groups is 1. The lowest BCUT2D eigenvalue weighted by Crippen LogP contribution is -2.66. The molecule has 3 heteroatoms. The van der Waals surface area contributed by atoms with E-state index in [0.717, 1.165) is 19.3 Å². The molecule has 0 atom stereocenters. The van der Waals surface area contributed by atoms with Gasteiger partial charge in [-0.1, -0.05) is 48.1 Å². The van der Waals surface area contributed by atoms with E-state index < -0.39 is 5.60 Å². The van der Waals surface area contributed by atoms with Gasteiger partial charge in [0.2, 0.25) is 0 Å². The summed E-state index contributed by atoms with van der Waals surface area (Å²) in [6, 6.07) is 0. The second-order valence-corrected chi connectivity index (χ2v) is 14.4. The van der Waals surface area contributed by atoms with Gasteiger partial charge in [-0.25, -0.2) is 4.79 Å². The molecule has 0 rings (SSSR count). The number of hydrogen-bond acceptors (Lipinski definition) is 3. The number of nitrogens with zero attached hydrogens (tertiary/aromatic N) is 1. The third-order valence-corrected chi connectivity index (χ3v) is 5.32. The molecule has 0 aromatic rings. The molecule has 3 nitrogen and oxygen atoms in total. The second-order valence-electron chi connectivity index (χ2n) is 14.4. The Morgan fingerprint density at radius 2 is 0.967 bits per heavy atom. The van der Waals surface area contributed by atoms with Gasteiger partial charge in [-0.15, -0.1) is 0 Å². The zero-order valence-electron chi connectivity index (χ0n) is 23.1. The third kappa shape index (κ3) is 9.54. The topological polar surface area (TPSA) is 29.5 Å². The number of hydrogen-bond donors (Lipinski definition) is 0. The molecule has 0 aliphatic heterocycles. The monoisotopic (exact) mass is 423 g/mol. The Balaban J connectivity index is 6.28. The average molecular weight is 424 g/mol. The maximum atomic E-state index is 12.2. The summed E-state index contributed by atoms with van der Waals surface area (Å²) in [5.74, 6) is -0.315. The van der Waals surface area contributed by atoms with Crippen LogP contribution in [0.15, 0.2) is 12.2 Å². The lowest BCUT2D eigenvalue weighted by molar-refractivity contribution is -0.160. The van der Waals surface area contributed by atoms with Gasteiger partial charge in [0.1, 0.15) is 5.60 Å². The molecule has 30 heavy (non-hydrogen) atoms. The first-order valence-corrected chi connectivity index (χ1v) is 11.5. The van der Waals surface area contributed by atoms with E-state index in [-0.39, 0.29) is 33.4 Å². The number of carbonyl (C=O) groups excluding carboxylic acids is 1. The Morgan fingerprint density at radius 1 is 0.667 bits per heavy atom. The molecule has 0 aliphatic carbocycles. The summed E-state index contributed by atoms with van der Waals surface area (Å²) in [7, 11) is 0. The Bertz CT molecular complexity index is 582. The largest absolute Gasteiger partial charge is 0.456 e. The Hall–Kier alpha value is -0.830. The van der Waals surface area contributed by atoms with E-state index >= 15 is 0 Å². The van der Waals surface area contributed by atoms with Gasteiger partial charge in [0.15, 0.2) is 0 Å². The summed E-state index contributed by atoms with van der Waals surface area (Å²) >= 11 is 0.